The highest BCUT2D eigenvalue weighted by Crippen LogP contribution is 2.31. The molecule has 0 bridgehead atoms. The van der Waals surface area contributed by atoms with E-state index >= 15 is 0 Å². The molecule has 174 valence electrons. The quantitative estimate of drug-likeness (QED) is 0.495. The van der Waals surface area contributed by atoms with E-state index in [1.807, 2.05) is 30.3 Å². The van der Waals surface area contributed by atoms with Crippen molar-refractivity contribution in [3.63, 3.8) is 0 Å². The number of aliphatic hydroxyl groups is 3. The number of aliphatic hydroxyl groups excluding tert-OH is 3. The van der Waals surface area contributed by atoms with Gasteiger partial charge in [-0.2, -0.15) is 0 Å². The molecule has 1 saturated carbocycles. The summed E-state index contributed by atoms with van der Waals surface area (Å²) in [7, 11) is 0. The number of rotatable bonds is 7. The highest BCUT2D eigenvalue weighted by molar-refractivity contribution is 5.27. The standard InChI is InChI=1S/C23H30N2O7/c26-12-17-18(27)19(28)22(32-17)25-11-16(21(29)24-23(25)30)20(15-9-5-2-6-10-15)31-13-14-7-3-1-4-8-14/h2,5-6,9-11,14,17-20,22,26-28H,1,3-4,7-8,12-13H2,(H,24,29,30)/t17-,18-,19-,20?,22-/m1/s1. The van der Waals surface area contributed by atoms with E-state index in [4.69, 9.17) is 9.47 Å². The molecule has 2 heterocycles. The van der Waals surface area contributed by atoms with Gasteiger partial charge in [-0.15, -0.1) is 0 Å². The largest absolute Gasteiger partial charge is 0.394 e. The summed E-state index contributed by atoms with van der Waals surface area (Å²) in [5, 5.41) is 29.8. The molecule has 0 amide bonds. The Bertz CT molecular complexity index is 999. The summed E-state index contributed by atoms with van der Waals surface area (Å²) in [6.45, 7) is -0.0250. The first-order valence-corrected chi connectivity index (χ1v) is 11.1. The lowest BCUT2D eigenvalue weighted by Crippen LogP contribution is -2.39. The second-order valence-electron chi connectivity index (χ2n) is 8.61. The van der Waals surface area contributed by atoms with Gasteiger partial charge in [0.2, 0.25) is 0 Å². The van der Waals surface area contributed by atoms with Crippen LogP contribution in [0.25, 0.3) is 0 Å². The van der Waals surface area contributed by atoms with Crippen molar-refractivity contribution in [2.45, 2.75) is 62.7 Å². The smallest absolute Gasteiger partial charge is 0.330 e. The zero-order chi connectivity index (χ0) is 22.7. The van der Waals surface area contributed by atoms with Crippen LogP contribution in [0.3, 0.4) is 0 Å². The van der Waals surface area contributed by atoms with Gasteiger partial charge in [0.1, 0.15) is 24.4 Å². The van der Waals surface area contributed by atoms with Crippen molar-refractivity contribution in [2.75, 3.05) is 13.2 Å². The molecule has 1 aliphatic heterocycles. The van der Waals surface area contributed by atoms with Gasteiger partial charge in [0.15, 0.2) is 6.23 Å². The van der Waals surface area contributed by atoms with E-state index in [9.17, 15) is 24.9 Å². The molecule has 9 heteroatoms. The van der Waals surface area contributed by atoms with E-state index in [1.165, 1.54) is 25.5 Å². The predicted molar refractivity (Wildman–Crippen MR) is 115 cm³/mol. The zero-order valence-electron chi connectivity index (χ0n) is 17.8. The van der Waals surface area contributed by atoms with E-state index in [0.29, 0.717) is 12.5 Å². The van der Waals surface area contributed by atoms with Crippen molar-refractivity contribution in [3.8, 4) is 0 Å². The normalized spacial score (nSPS) is 27.5. The summed E-state index contributed by atoms with van der Waals surface area (Å²) in [5.41, 5.74) is -0.410. The van der Waals surface area contributed by atoms with Crippen LogP contribution in [0.5, 0.6) is 0 Å². The van der Waals surface area contributed by atoms with Crippen LogP contribution in [0.15, 0.2) is 46.1 Å². The molecular weight excluding hydrogens is 416 g/mol. The Morgan fingerprint density at radius 3 is 2.47 bits per heavy atom. The minimum Gasteiger partial charge on any atom is -0.394 e. The van der Waals surface area contributed by atoms with Gasteiger partial charge in [-0.3, -0.25) is 14.3 Å². The molecule has 4 N–H and O–H groups in total. The van der Waals surface area contributed by atoms with Crippen LogP contribution in [0.2, 0.25) is 0 Å². The molecule has 1 saturated heterocycles. The highest BCUT2D eigenvalue weighted by Gasteiger charge is 2.44. The maximum absolute atomic E-state index is 12.8. The van der Waals surface area contributed by atoms with E-state index in [1.54, 1.807) is 0 Å². The number of H-pyrrole nitrogens is 1. The van der Waals surface area contributed by atoms with Gasteiger partial charge >= 0.3 is 5.69 Å². The lowest BCUT2D eigenvalue weighted by atomic mass is 9.90. The average molecular weight is 447 g/mol. The molecule has 32 heavy (non-hydrogen) atoms. The Morgan fingerprint density at radius 2 is 1.81 bits per heavy atom. The number of nitrogens with zero attached hydrogens (tertiary/aromatic N) is 1. The molecule has 0 radical (unpaired) electrons. The van der Waals surface area contributed by atoms with E-state index < -0.39 is 48.5 Å². The minimum atomic E-state index is -1.44. The third kappa shape index (κ3) is 4.72. The second-order valence-corrected chi connectivity index (χ2v) is 8.61. The molecule has 2 fully saturated rings. The monoisotopic (exact) mass is 446 g/mol. The van der Waals surface area contributed by atoms with Gasteiger partial charge in [-0.1, -0.05) is 49.6 Å². The summed E-state index contributed by atoms with van der Waals surface area (Å²) < 4.78 is 12.8. The van der Waals surface area contributed by atoms with Gasteiger partial charge in [0, 0.05) is 6.20 Å². The van der Waals surface area contributed by atoms with Crippen molar-refractivity contribution in [1.29, 1.82) is 0 Å². The zero-order valence-corrected chi connectivity index (χ0v) is 17.8. The summed E-state index contributed by atoms with van der Waals surface area (Å²) >= 11 is 0. The van der Waals surface area contributed by atoms with Crippen LogP contribution in [-0.2, 0) is 9.47 Å². The van der Waals surface area contributed by atoms with Crippen LogP contribution >= 0.6 is 0 Å². The molecular formula is C23H30N2O7. The Balaban J connectivity index is 1.68. The van der Waals surface area contributed by atoms with E-state index in [2.05, 4.69) is 4.98 Å². The molecule has 9 nitrogen and oxygen atoms in total. The molecule has 1 aromatic heterocycles. The summed E-state index contributed by atoms with van der Waals surface area (Å²) in [4.78, 5) is 27.6. The van der Waals surface area contributed by atoms with Crippen molar-refractivity contribution < 1.29 is 24.8 Å². The average Bonchev–Trinajstić information content (AvgIpc) is 3.10. The van der Waals surface area contributed by atoms with Gasteiger partial charge in [0.05, 0.1) is 18.8 Å². The topological polar surface area (TPSA) is 134 Å². The number of aromatic nitrogens is 2. The Labute approximate surface area is 185 Å². The Morgan fingerprint density at radius 1 is 1.09 bits per heavy atom. The number of nitrogens with one attached hydrogen (secondary N) is 1. The molecule has 2 aliphatic rings. The van der Waals surface area contributed by atoms with Gasteiger partial charge in [0.25, 0.3) is 5.56 Å². The van der Waals surface area contributed by atoms with Gasteiger partial charge < -0.3 is 24.8 Å². The lowest BCUT2D eigenvalue weighted by molar-refractivity contribution is -0.0555. The van der Waals surface area contributed by atoms with Crippen LogP contribution in [0.1, 0.15) is 55.6 Å². The number of hydrogen-bond acceptors (Lipinski definition) is 7. The first kappa shape index (κ1) is 22.9. The number of hydrogen-bond donors (Lipinski definition) is 4. The first-order valence-electron chi connectivity index (χ1n) is 11.1. The summed E-state index contributed by atoms with van der Waals surface area (Å²) in [5.74, 6) is 0.417. The number of benzene rings is 1. The van der Waals surface area contributed by atoms with Crippen molar-refractivity contribution in [1.82, 2.24) is 9.55 Å². The van der Waals surface area contributed by atoms with E-state index in [0.717, 1.165) is 23.0 Å². The van der Waals surface area contributed by atoms with Crippen LogP contribution in [0, 0.1) is 5.92 Å². The summed E-state index contributed by atoms with van der Waals surface area (Å²) in [6.07, 6.45) is 1.24. The van der Waals surface area contributed by atoms with Crippen molar-refractivity contribution >= 4 is 0 Å². The third-order valence-corrected chi connectivity index (χ3v) is 6.39. The van der Waals surface area contributed by atoms with Crippen molar-refractivity contribution in [2.24, 2.45) is 5.92 Å². The Hall–Kier alpha value is -2.30. The fourth-order valence-corrected chi connectivity index (χ4v) is 4.57. The van der Waals surface area contributed by atoms with Crippen molar-refractivity contribution in [3.05, 3.63) is 68.5 Å². The maximum Gasteiger partial charge on any atom is 0.330 e. The molecule has 1 aromatic carbocycles. The van der Waals surface area contributed by atoms with Crippen LogP contribution in [-0.4, -0.2) is 56.4 Å². The van der Waals surface area contributed by atoms with Gasteiger partial charge in [-0.25, -0.2) is 4.79 Å². The fraction of sp³-hybridized carbons (Fsp3) is 0.565. The highest BCUT2D eigenvalue weighted by atomic mass is 16.6. The van der Waals surface area contributed by atoms with Crippen LogP contribution in [0.4, 0.5) is 0 Å². The lowest BCUT2D eigenvalue weighted by Gasteiger charge is -2.26. The summed E-state index contributed by atoms with van der Waals surface area (Å²) in [6, 6.07) is 9.27. The van der Waals surface area contributed by atoms with E-state index in [-0.39, 0.29) is 5.56 Å². The predicted octanol–water partition coefficient (Wildman–Crippen LogP) is 0.834. The molecule has 0 spiro atoms. The van der Waals surface area contributed by atoms with Crippen LogP contribution < -0.4 is 11.2 Å². The molecule has 2 aromatic rings. The third-order valence-electron chi connectivity index (χ3n) is 6.39. The fourth-order valence-electron chi connectivity index (χ4n) is 4.57. The maximum atomic E-state index is 12.8. The number of ether oxygens (including phenoxy) is 2. The minimum absolute atomic E-state index is 0.198. The first-order chi connectivity index (χ1) is 15.5. The molecule has 1 unspecified atom stereocenters. The SMILES string of the molecule is O=c1[nH]c(=O)n([C@@H]2O[C@H](CO)[C@@H](O)[C@H]2O)cc1C(OCC1CCCCC1)c1ccccc1. The van der Waals surface area contributed by atoms with Gasteiger partial charge in [-0.05, 0) is 24.3 Å². The Kier molecular flexibility index (Phi) is 7.22. The second kappa shape index (κ2) is 10.1. The molecule has 4 rings (SSSR count). The molecule has 5 atom stereocenters. The number of aromatic amines is 1. The molecule has 1 aliphatic carbocycles.